The van der Waals surface area contributed by atoms with E-state index in [0.717, 1.165) is 39.0 Å². The highest BCUT2D eigenvalue weighted by Crippen LogP contribution is 1.94. The Balaban J connectivity index is 3.60. The minimum atomic E-state index is 0.248. The Kier molecular flexibility index (Phi) is 9.29. The van der Waals surface area contributed by atoms with E-state index >= 15 is 0 Å². The molecule has 0 bridgehead atoms. The molecule has 4 nitrogen and oxygen atoms in total. The topological polar surface area (TPSA) is 46.9 Å². The first-order valence-corrected chi connectivity index (χ1v) is 5.29. The largest absolute Gasteiger partial charge is 0.396 e. The molecule has 0 saturated carbocycles. The molecule has 4 heteroatoms. The Labute approximate surface area is 87.1 Å². The molecule has 0 unspecified atom stereocenters. The summed E-state index contributed by atoms with van der Waals surface area (Å²) in [5.74, 6) is 0. The molecule has 0 aromatic heterocycles. The molecule has 0 saturated heterocycles. The summed E-state index contributed by atoms with van der Waals surface area (Å²) >= 11 is 0. The van der Waals surface area contributed by atoms with Gasteiger partial charge in [0.25, 0.3) is 0 Å². The third-order valence-electron chi connectivity index (χ3n) is 2.13. The first-order chi connectivity index (χ1) is 6.70. The van der Waals surface area contributed by atoms with Crippen LogP contribution in [0.5, 0.6) is 0 Å². The molecule has 86 valence electrons. The fourth-order valence-electron chi connectivity index (χ4n) is 1.27. The summed E-state index contributed by atoms with van der Waals surface area (Å²) < 4.78 is 0. The van der Waals surface area contributed by atoms with Gasteiger partial charge >= 0.3 is 0 Å². The highest BCUT2D eigenvalue weighted by molar-refractivity contribution is 4.59. The second kappa shape index (κ2) is 9.40. The molecule has 0 aromatic rings. The normalized spacial score (nSPS) is 11.6. The molecule has 0 amide bonds. The van der Waals surface area contributed by atoms with Crippen molar-refractivity contribution in [1.82, 2.24) is 9.80 Å². The van der Waals surface area contributed by atoms with E-state index in [2.05, 4.69) is 23.9 Å². The average Bonchev–Trinajstić information content (AvgIpc) is 2.16. The summed E-state index contributed by atoms with van der Waals surface area (Å²) in [4.78, 5) is 4.43. The van der Waals surface area contributed by atoms with Crippen LogP contribution in [0.25, 0.3) is 0 Å². The molecule has 0 aromatic carbocycles. The minimum absolute atomic E-state index is 0.248. The molecule has 0 fully saturated rings. The average molecular weight is 204 g/mol. The van der Waals surface area contributed by atoms with E-state index in [4.69, 9.17) is 10.2 Å². The van der Waals surface area contributed by atoms with Crippen molar-refractivity contribution in [2.24, 2.45) is 0 Å². The molecule has 0 aliphatic carbocycles. The van der Waals surface area contributed by atoms with E-state index in [-0.39, 0.29) is 13.2 Å². The van der Waals surface area contributed by atoms with Crippen LogP contribution in [-0.2, 0) is 0 Å². The lowest BCUT2D eigenvalue weighted by Crippen LogP contribution is -2.34. The van der Waals surface area contributed by atoms with Crippen LogP contribution in [0, 0.1) is 0 Å². The van der Waals surface area contributed by atoms with Crippen LogP contribution in [0.1, 0.15) is 12.8 Å². The van der Waals surface area contributed by atoms with Crippen LogP contribution >= 0.6 is 0 Å². The highest BCUT2D eigenvalue weighted by Gasteiger charge is 2.04. The summed E-state index contributed by atoms with van der Waals surface area (Å²) in [6, 6.07) is 0. The number of hydrogen-bond donors (Lipinski definition) is 2. The zero-order chi connectivity index (χ0) is 10.8. The Morgan fingerprint density at radius 2 is 1.29 bits per heavy atom. The van der Waals surface area contributed by atoms with E-state index in [1.165, 1.54) is 0 Å². The summed E-state index contributed by atoms with van der Waals surface area (Å²) in [6.45, 7) is 4.37. The SMILES string of the molecule is CN(C)CCN(CCCO)CCCO. The van der Waals surface area contributed by atoms with Gasteiger partial charge in [0.2, 0.25) is 0 Å². The summed E-state index contributed by atoms with van der Waals surface area (Å²) in [5.41, 5.74) is 0. The van der Waals surface area contributed by atoms with E-state index in [9.17, 15) is 0 Å². The molecule has 0 aliphatic rings. The van der Waals surface area contributed by atoms with Gasteiger partial charge in [-0.05, 0) is 26.9 Å². The molecule has 2 N–H and O–H groups in total. The van der Waals surface area contributed by atoms with Gasteiger partial charge in [-0.2, -0.15) is 0 Å². The van der Waals surface area contributed by atoms with Crippen molar-refractivity contribution in [3.63, 3.8) is 0 Å². The van der Waals surface area contributed by atoms with Gasteiger partial charge in [0.05, 0.1) is 0 Å². The smallest absolute Gasteiger partial charge is 0.0443 e. The Morgan fingerprint density at radius 3 is 1.64 bits per heavy atom. The fourth-order valence-corrected chi connectivity index (χ4v) is 1.27. The lowest BCUT2D eigenvalue weighted by molar-refractivity contribution is 0.190. The number of hydrogen-bond acceptors (Lipinski definition) is 4. The molecule has 14 heavy (non-hydrogen) atoms. The molecule has 0 atom stereocenters. The Bertz CT molecular complexity index is 113. The van der Waals surface area contributed by atoms with Crippen LogP contribution in [0.15, 0.2) is 0 Å². The quantitative estimate of drug-likeness (QED) is 0.537. The molecule has 0 radical (unpaired) electrons. The van der Waals surface area contributed by atoms with Crippen LogP contribution in [0.3, 0.4) is 0 Å². The summed E-state index contributed by atoms with van der Waals surface area (Å²) in [6.07, 6.45) is 1.64. The van der Waals surface area contributed by atoms with E-state index in [0.29, 0.717) is 0 Å². The van der Waals surface area contributed by atoms with E-state index in [1.54, 1.807) is 0 Å². The molecule has 0 aliphatic heterocycles. The van der Waals surface area contributed by atoms with E-state index < -0.39 is 0 Å². The van der Waals surface area contributed by atoms with Gasteiger partial charge in [-0.15, -0.1) is 0 Å². The third kappa shape index (κ3) is 8.44. The summed E-state index contributed by atoms with van der Waals surface area (Å²) in [5, 5.41) is 17.5. The van der Waals surface area contributed by atoms with Gasteiger partial charge < -0.3 is 20.0 Å². The van der Waals surface area contributed by atoms with Gasteiger partial charge in [-0.3, -0.25) is 0 Å². The third-order valence-corrected chi connectivity index (χ3v) is 2.13. The van der Waals surface area contributed by atoms with Crippen LogP contribution in [0.4, 0.5) is 0 Å². The van der Waals surface area contributed by atoms with Crippen LogP contribution in [0.2, 0.25) is 0 Å². The Hall–Kier alpha value is -0.160. The zero-order valence-electron chi connectivity index (χ0n) is 9.45. The number of aliphatic hydroxyl groups excluding tert-OH is 2. The highest BCUT2D eigenvalue weighted by atomic mass is 16.3. The Morgan fingerprint density at radius 1 is 0.786 bits per heavy atom. The lowest BCUT2D eigenvalue weighted by atomic mass is 10.3. The van der Waals surface area contributed by atoms with Crippen LogP contribution in [-0.4, -0.2) is 73.5 Å². The molecule has 0 rings (SSSR count). The van der Waals surface area contributed by atoms with Gasteiger partial charge in [0, 0.05) is 39.4 Å². The first kappa shape index (κ1) is 13.8. The number of nitrogens with zero attached hydrogens (tertiary/aromatic N) is 2. The predicted octanol–water partition coefficient (Wildman–Crippen LogP) is -0.385. The second-order valence-electron chi connectivity index (χ2n) is 3.80. The number of aliphatic hydroxyl groups is 2. The van der Waals surface area contributed by atoms with Gasteiger partial charge in [0.15, 0.2) is 0 Å². The van der Waals surface area contributed by atoms with Crippen molar-refractivity contribution in [2.45, 2.75) is 12.8 Å². The van der Waals surface area contributed by atoms with Crippen LogP contribution < -0.4 is 0 Å². The molecular weight excluding hydrogens is 180 g/mol. The van der Waals surface area contributed by atoms with Crippen molar-refractivity contribution in [1.29, 1.82) is 0 Å². The van der Waals surface area contributed by atoms with Crippen molar-refractivity contribution < 1.29 is 10.2 Å². The van der Waals surface area contributed by atoms with Gasteiger partial charge in [-0.1, -0.05) is 0 Å². The molecular formula is C10H24N2O2. The fraction of sp³-hybridized carbons (Fsp3) is 1.00. The van der Waals surface area contributed by atoms with Gasteiger partial charge in [0.1, 0.15) is 0 Å². The minimum Gasteiger partial charge on any atom is -0.396 e. The van der Waals surface area contributed by atoms with Crippen molar-refractivity contribution in [3.8, 4) is 0 Å². The maximum absolute atomic E-state index is 8.73. The first-order valence-electron chi connectivity index (χ1n) is 5.29. The standard InChI is InChI=1S/C10H24N2O2/c1-11(2)7-8-12(5-3-9-13)6-4-10-14/h13-14H,3-10H2,1-2H3. The molecule has 0 spiro atoms. The van der Waals surface area contributed by atoms with Crippen molar-refractivity contribution >= 4 is 0 Å². The molecule has 0 heterocycles. The van der Waals surface area contributed by atoms with E-state index in [1.807, 2.05) is 0 Å². The second-order valence-corrected chi connectivity index (χ2v) is 3.80. The zero-order valence-corrected chi connectivity index (χ0v) is 9.45. The summed E-state index contributed by atoms with van der Waals surface area (Å²) in [7, 11) is 4.10. The van der Waals surface area contributed by atoms with Gasteiger partial charge in [-0.25, -0.2) is 0 Å². The maximum Gasteiger partial charge on any atom is 0.0443 e. The van der Waals surface area contributed by atoms with Crippen molar-refractivity contribution in [3.05, 3.63) is 0 Å². The number of rotatable bonds is 9. The predicted molar refractivity (Wildman–Crippen MR) is 58.4 cm³/mol. The van der Waals surface area contributed by atoms with Crippen molar-refractivity contribution in [2.75, 3.05) is 53.5 Å². The maximum atomic E-state index is 8.73. The monoisotopic (exact) mass is 204 g/mol. The number of likely N-dealkylation sites (N-methyl/N-ethyl adjacent to an activating group) is 1. The lowest BCUT2D eigenvalue weighted by Gasteiger charge is -2.23.